The predicted molar refractivity (Wildman–Crippen MR) is 147 cm³/mol. The summed E-state index contributed by atoms with van der Waals surface area (Å²) < 4.78 is 44.2. The highest BCUT2D eigenvalue weighted by Gasteiger charge is 2.58. The number of hydrogen-bond acceptors (Lipinski definition) is 3. The van der Waals surface area contributed by atoms with Crippen molar-refractivity contribution < 1.29 is 11.2 Å². The summed E-state index contributed by atoms with van der Waals surface area (Å²) in [4.78, 5) is 5.94. The predicted octanol–water partition coefficient (Wildman–Crippen LogP) is 6.51. The molecule has 0 saturated carbocycles. The zero-order valence-electron chi connectivity index (χ0n) is 24.8. The first kappa shape index (κ1) is 23.3. The van der Waals surface area contributed by atoms with Crippen LogP contribution < -0.4 is 0 Å². The summed E-state index contributed by atoms with van der Waals surface area (Å²) in [6, 6.07) is 8.86. The number of rotatable bonds is 6. The van der Waals surface area contributed by atoms with E-state index in [-0.39, 0.29) is 27.7 Å². The lowest BCUT2D eigenvalue weighted by molar-refractivity contribution is 0.0234. The summed E-state index contributed by atoms with van der Waals surface area (Å²) in [5, 5.41) is 1.03. The minimum absolute atomic E-state index is 0.0298. The van der Waals surface area contributed by atoms with Crippen molar-refractivity contribution in [3.8, 4) is 0 Å². The number of likely N-dealkylation sites (tertiary alicyclic amines) is 1. The summed E-state index contributed by atoms with van der Waals surface area (Å²) in [6.45, 7) is 18.3. The molecule has 0 spiro atoms. The van der Waals surface area contributed by atoms with E-state index in [0.29, 0.717) is 5.56 Å². The number of aromatic amines is 1. The maximum atomic E-state index is 13.4. The lowest BCUT2D eigenvalue weighted by Crippen LogP contribution is -2.59. The van der Waals surface area contributed by atoms with Crippen LogP contribution >= 0.6 is 0 Å². The van der Waals surface area contributed by atoms with Gasteiger partial charge in [-0.25, -0.2) is 8.42 Å². The van der Waals surface area contributed by atoms with Gasteiger partial charge < -0.3 is 4.98 Å². The fraction of sp³-hybridized carbons (Fsp3) is 0.533. The highest BCUT2D eigenvalue weighted by Crippen LogP contribution is 2.55. The van der Waals surface area contributed by atoms with Gasteiger partial charge >= 0.3 is 0 Å². The van der Waals surface area contributed by atoms with Crippen molar-refractivity contribution in [2.45, 2.75) is 84.1 Å². The van der Waals surface area contributed by atoms with Gasteiger partial charge in [-0.2, -0.15) is 0 Å². The van der Waals surface area contributed by atoms with Crippen LogP contribution in [-0.4, -0.2) is 43.1 Å². The van der Waals surface area contributed by atoms with Gasteiger partial charge in [0.05, 0.1) is 10.6 Å². The molecule has 1 aliphatic heterocycles. The van der Waals surface area contributed by atoms with Crippen LogP contribution in [0.3, 0.4) is 0 Å². The number of sulfone groups is 1. The molecule has 2 heterocycles. The normalized spacial score (nSPS) is 22.4. The van der Waals surface area contributed by atoms with Crippen LogP contribution in [0.2, 0.25) is 0 Å². The first-order valence-electron chi connectivity index (χ1n) is 13.5. The highest BCUT2D eigenvalue weighted by atomic mass is 32.2. The van der Waals surface area contributed by atoms with Gasteiger partial charge in [-0.05, 0) is 112 Å². The smallest absolute Gasteiger partial charge is 0.178 e. The third-order valence-corrected chi connectivity index (χ3v) is 10.8. The van der Waals surface area contributed by atoms with Crippen molar-refractivity contribution in [1.29, 1.82) is 0 Å². The van der Waals surface area contributed by atoms with E-state index < -0.39 is 15.5 Å². The average molecular weight is 497 g/mol. The van der Waals surface area contributed by atoms with Gasteiger partial charge in [-0.1, -0.05) is 33.8 Å². The molecule has 1 aromatic heterocycles. The molecule has 0 radical (unpaired) electrons. The number of aromatic nitrogens is 1. The zero-order valence-corrected chi connectivity index (χ0v) is 23.6. The van der Waals surface area contributed by atoms with E-state index in [1.807, 2.05) is 32.9 Å². The van der Waals surface area contributed by atoms with Crippen LogP contribution in [-0.2, 0) is 21.7 Å². The van der Waals surface area contributed by atoms with Crippen molar-refractivity contribution in [1.82, 2.24) is 9.88 Å². The Hall–Kier alpha value is -2.11. The summed E-state index contributed by atoms with van der Waals surface area (Å²) in [6.07, 6.45) is 2.99. The lowest BCUT2D eigenvalue weighted by Gasteiger charge is -2.53. The summed E-state index contributed by atoms with van der Waals surface area (Å²) in [7, 11) is -2.00. The lowest BCUT2D eigenvalue weighted by atomic mass is 9.57. The van der Waals surface area contributed by atoms with Gasteiger partial charge in [0.15, 0.2) is 9.84 Å². The van der Waals surface area contributed by atoms with E-state index in [1.54, 1.807) is 12.1 Å². The van der Waals surface area contributed by atoms with Crippen molar-refractivity contribution in [3.05, 3.63) is 64.3 Å². The molecule has 0 aliphatic carbocycles. The van der Waals surface area contributed by atoms with Gasteiger partial charge in [-0.3, -0.25) is 4.90 Å². The van der Waals surface area contributed by atoms with Gasteiger partial charge in [0.2, 0.25) is 0 Å². The summed E-state index contributed by atoms with van der Waals surface area (Å²) in [5.74, 6) is 0. The Morgan fingerprint density at radius 1 is 1.06 bits per heavy atom. The monoisotopic (exact) mass is 496 g/mol. The molecule has 35 heavy (non-hydrogen) atoms. The minimum Gasteiger partial charge on any atom is -0.361 e. The SMILES string of the molecule is [2H]C([2H])(Cc1cc2c(C(C)(C)[C@]3(C)N(C)CCC3(C)C)c[nH]c2cc1C)S(=O)(=O)c1ccc(C)c(C)c1. The number of aryl methyl sites for hydroxylation is 4. The molecule has 1 atom stereocenters. The number of nitrogens with zero attached hydrogens (tertiary/aromatic N) is 1. The standard InChI is InChI=1S/C30H42N2O2S/c1-20-10-11-24(16-21(20)2)35(33,34)15-12-23-18-25-26(19-31-27(25)17-22(23)3)29(6,7)30(8)28(4,5)13-14-32(30)9/h10-11,16-19,31H,12-15H2,1-9H3/t30-/m1/s1/i15D2. The Bertz CT molecular complexity index is 1470. The number of fused-ring (bicyclic) bond motifs is 1. The second-order valence-electron chi connectivity index (χ2n) is 11.8. The molecular weight excluding hydrogens is 452 g/mol. The Morgan fingerprint density at radius 3 is 2.34 bits per heavy atom. The zero-order chi connectivity index (χ0) is 27.8. The van der Waals surface area contributed by atoms with Crippen molar-refractivity contribution >= 4 is 20.7 Å². The van der Waals surface area contributed by atoms with Gasteiger partial charge in [-0.15, -0.1) is 0 Å². The quantitative estimate of drug-likeness (QED) is 0.423. The van der Waals surface area contributed by atoms with Crippen molar-refractivity contribution in [2.24, 2.45) is 5.41 Å². The molecule has 190 valence electrons. The maximum Gasteiger partial charge on any atom is 0.178 e. The molecule has 1 fully saturated rings. The first-order valence-corrected chi connectivity index (χ1v) is 14.0. The molecule has 0 unspecified atom stereocenters. The summed E-state index contributed by atoms with van der Waals surface area (Å²) >= 11 is 0. The molecule has 1 N–H and O–H groups in total. The van der Waals surface area contributed by atoms with Gasteiger partial charge in [0, 0.05) is 30.8 Å². The molecule has 3 aromatic rings. The first-order chi connectivity index (χ1) is 16.9. The van der Waals surface area contributed by atoms with Gasteiger partial charge in [0.25, 0.3) is 0 Å². The molecule has 4 rings (SSSR count). The Morgan fingerprint density at radius 2 is 1.74 bits per heavy atom. The Kier molecular flexibility index (Phi) is 5.65. The fourth-order valence-electron chi connectivity index (χ4n) is 6.18. The third kappa shape index (κ3) is 4.05. The molecule has 4 nitrogen and oxygen atoms in total. The summed E-state index contributed by atoms with van der Waals surface area (Å²) in [5.41, 5.74) is 2.88. The van der Waals surface area contributed by atoms with E-state index in [2.05, 4.69) is 57.7 Å². The van der Waals surface area contributed by atoms with Crippen LogP contribution in [0.25, 0.3) is 10.9 Å². The van der Waals surface area contributed by atoms with E-state index in [4.69, 9.17) is 2.74 Å². The van der Waals surface area contributed by atoms with Crippen LogP contribution in [0.4, 0.5) is 0 Å². The van der Waals surface area contributed by atoms with E-state index >= 15 is 0 Å². The van der Waals surface area contributed by atoms with Crippen LogP contribution in [0.1, 0.15) is 71.6 Å². The minimum atomic E-state index is -4.20. The average Bonchev–Trinajstić information content (AvgIpc) is 3.30. The van der Waals surface area contributed by atoms with E-state index in [0.717, 1.165) is 40.6 Å². The topological polar surface area (TPSA) is 53.2 Å². The largest absolute Gasteiger partial charge is 0.361 e. The molecule has 5 heteroatoms. The highest BCUT2D eigenvalue weighted by molar-refractivity contribution is 7.91. The van der Waals surface area contributed by atoms with E-state index in [1.165, 1.54) is 11.6 Å². The van der Waals surface area contributed by atoms with E-state index in [9.17, 15) is 8.42 Å². The Balaban J connectivity index is 1.79. The number of nitrogens with one attached hydrogen (secondary N) is 1. The second kappa shape index (κ2) is 8.48. The van der Waals surface area contributed by atoms with Crippen LogP contribution in [0.5, 0.6) is 0 Å². The number of H-pyrrole nitrogens is 1. The molecule has 1 saturated heterocycles. The van der Waals surface area contributed by atoms with Crippen LogP contribution in [0.15, 0.2) is 41.4 Å². The number of benzene rings is 2. The Labute approximate surface area is 214 Å². The molecule has 0 amide bonds. The van der Waals surface area contributed by atoms with Crippen LogP contribution in [0, 0.1) is 26.2 Å². The molecule has 0 bridgehead atoms. The molecular formula is C30H42N2O2S. The maximum absolute atomic E-state index is 13.4. The van der Waals surface area contributed by atoms with Gasteiger partial charge in [0.1, 0.15) is 0 Å². The number of hydrogen-bond donors (Lipinski definition) is 1. The van der Waals surface area contributed by atoms with Crippen molar-refractivity contribution in [2.75, 3.05) is 19.3 Å². The second-order valence-corrected chi connectivity index (χ2v) is 13.6. The number of likely N-dealkylation sites (N-methyl/N-ethyl adjacent to an activating group) is 1. The fourth-order valence-corrected chi connectivity index (χ4v) is 7.27. The molecule has 2 aromatic carbocycles. The van der Waals surface area contributed by atoms with Crippen molar-refractivity contribution in [3.63, 3.8) is 0 Å². The third-order valence-electron chi connectivity index (χ3n) is 9.42. The molecule has 1 aliphatic rings.